The number of fused-ring (bicyclic) bond motifs is 1. The maximum absolute atomic E-state index is 5.68. The van der Waals surface area contributed by atoms with Crippen molar-refractivity contribution in [1.82, 2.24) is 14.6 Å². The highest BCUT2D eigenvalue weighted by Crippen LogP contribution is 2.14. The van der Waals surface area contributed by atoms with Gasteiger partial charge in [-0.25, -0.2) is 9.50 Å². The van der Waals surface area contributed by atoms with Crippen molar-refractivity contribution in [3.63, 3.8) is 0 Å². The number of anilines is 1. The first-order chi connectivity index (χ1) is 6.09. The van der Waals surface area contributed by atoms with E-state index in [9.17, 15) is 0 Å². The second-order valence-corrected chi connectivity index (χ2v) is 3.27. The Bertz CT molecular complexity index is 475. The minimum Gasteiger partial charge on any atom is -0.382 e. The molecule has 2 rings (SSSR count). The Morgan fingerprint density at radius 3 is 2.57 bits per heavy atom. The molecule has 4 nitrogen and oxygen atoms in total. The van der Waals surface area contributed by atoms with Crippen molar-refractivity contribution in [2.75, 3.05) is 5.73 Å². The van der Waals surface area contributed by atoms with Crippen molar-refractivity contribution in [3.05, 3.63) is 23.0 Å². The topological polar surface area (TPSA) is 56.2 Å². The molecule has 0 aromatic carbocycles. The van der Waals surface area contributed by atoms with E-state index in [1.807, 2.05) is 26.8 Å². The number of hydrogen-bond donors (Lipinski definition) is 1. The molecule has 2 heterocycles. The molecule has 0 radical (unpaired) electrons. The minimum absolute atomic E-state index is 0. The number of nitrogens with two attached hydrogens (primary N) is 1. The van der Waals surface area contributed by atoms with E-state index in [0.717, 1.165) is 22.6 Å². The predicted molar refractivity (Wildman–Crippen MR) is 58.9 cm³/mol. The Morgan fingerprint density at radius 1 is 1.29 bits per heavy atom. The van der Waals surface area contributed by atoms with Crippen molar-refractivity contribution in [2.24, 2.45) is 0 Å². The average Bonchev–Trinajstić information content (AvgIpc) is 2.32. The van der Waals surface area contributed by atoms with Crippen LogP contribution in [-0.4, -0.2) is 14.6 Å². The molecule has 0 amide bonds. The van der Waals surface area contributed by atoms with E-state index in [1.54, 1.807) is 4.52 Å². The van der Waals surface area contributed by atoms with Gasteiger partial charge >= 0.3 is 0 Å². The number of hydrogen-bond acceptors (Lipinski definition) is 3. The fraction of sp³-hybridized carbons (Fsp3) is 0.333. The van der Waals surface area contributed by atoms with E-state index in [4.69, 9.17) is 5.73 Å². The molecule has 0 aliphatic heterocycles. The van der Waals surface area contributed by atoms with Crippen LogP contribution in [0.1, 0.15) is 17.0 Å². The molecule has 2 aromatic rings. The van der Waals surface area contributed by atoms with Gasteiger partial charge < -0.3 is 5.73 Å². The van der Waals surface area contributed by atoms with Crippen LogP contribution in [0.25, 0.3) is 5.65 Å². The second kappa shape index (κ2) is 3.46. The van der Waals surface area contributed by atoms with Crippen LogP contribution in [0.15, 0.2) is 6.07 Å². The maximum Gasteiger partial charge on any atom is 0.156 e. The van der Waals surface area contributed by atoms with Gasteiger partial charge in [-0.05, 0) is 32.4 Å². The van der Waals surface area contributed by atoms with Gasteiger partial charge in [-0.3, -0.25) is 0 Å². The lowest BCUT2D eigenvalue weighted by Crippen LogP contribution is -1.98. The van der Waals surface area contributed by atoms with Gasteiger partial charge in [0.2, 0.25) is 0 Å². The summed E-state index contributed by atoms with van der Waals surface area (Å²) < 4.78 is 1.78. The molecule has 76 valence electrons. The van der Waals surface area contributed by atoms with E-state index >= 15 is 0 Å². The summed E-state index contributed by atoms with van der Waals surface area (Å²) in [4.78, 5) is 4.19. The number of nitrogens with zero attached hydrogens (tertiary/aromatic N) is 3. The number of imidazole rings is 1. The van der Waals surface area contributed by atoms with Gasteiger partial charge in [0.1, 0.15) is 5.82 Å². The summed E-state index contributed by atoms with van der Waals surface area (Å²) in [5.41, 5.74) is 9.54. The van der Waals surface area contributed by atoms with Gasteiger partial charge in [-0.2, -0.15) is 5.10 Å². The number of halogens is 1. The largest absolute Gasteiger partial charge is 0.382 e. The molecule has 14 heavy (non-hydrogen) atoms. The highest BCUT2D eigenvalue weighted by Gasteiger charge is 2.06. The van der Waals surface area contributed by atoms with Gasteiger partial charge in [0, 0.05) is 0 Å². The fourth-order valence-electron chi connectivity index (χ4n) is 1.28. The fourth-order valence-corrected chi connectivity index (χ4v) is 1.28. The van der Waals surface area contributed by atoms with Crippen molar-refractivity contribution >= 4 is 23.9 Å². The van der Waals surface area contributed by atoms with Crippen molar-refractivity contribution in [1.29, 1.82) is 0 Å². The molecule has 2 aromatic heterocycles. The molecule has 0 atom stereocenters. The monoisotopic (exact) mass is 212 g/mol. The predicted octanol–water partition coefficient (Wildman–Crippen LogP) is 1.66. The van der Waals surface area contributed by atoms with Gasteiger partial charge in [0.15, 0.2) is 5.65 Å². The first kappa shape index (κ1) is 10.8. The molecule has 0 aliphatic rings. The molecule has 0 spiro atoms. The van der Waals surface area contributed by atoms with Gasteiger partial charge in [0.05, 0.1) is 11.4 Å². The summed E-state index contributed by atoms with van der Waals surface area (Å²) in [7, 11) is 0. The van der Waals surface area contributed by atoms with Crippen LogP contribution in [0.3, 0.4) is 0 Å². The summed E-state index contributed by atoms with van der Waals surface area (Å²) in [6, 6.07) is 1.99. The van der Waals surface area contributed by atoms with Crippen LogP contribution < -0.4 is 5.73 Å². The zero-order chi connectivity index (χ0) is 9.59. The van der Waals surface area contributed by atoms with Gasteiger partial charge in [0.25, 0.3) is 0 Å². The maximum atomic E-state index is 5.68. The van der Waals surface area contributed by atoms with Gasteiger partial charge in [-0.15, -0.1) is 12.4 Å². The smallest absolute Gasteiger partial charge is 0.156 e. The zero-order valence-electron chi connectivity index (χ0n) is 8.40. The van der Waals surface area contributed by atoms with E-state index < -0.39 is 0 Å². The highest BCUT2D eigenvalue weighted by atomic mass is 35.5. The number of rotatable bonds is 0. The third-order valence-corrected chi connectivity index (χ3v) is 2.31. The van der Waals surface area contributed by atoms with Crippen LogP contribution in [0, 0.1) is 20.8 Å². The van der Waals surface area contributed by atoms with Gasteiger partial charge in [-0.1, -0.05) is 0 Å². The Balaban J connectivity index is 0.000000980. The quantitative estimate of drug-likeness (QED) is 0.723. The first-order valence-electron chi connectivity index (χ1n) is 4.18. The molecule has 0 saturated heterocycles. The lowest BCUT2D eigenvalue weighted by atomic mass is 10.2. The molecule has 0 aliphatic carbocycles. The highest BCUT2D eigenvalue weighted by molar-refractivity contribution is 5.85. The van der Waals surface area contributed by atoms with Crippen LogP contribution in [0.2, 0.25) is 0 Å². The standard InChI is InChI=1S/C9H12N4.ClH/c1-5-4-8-11-9(10)7(3)13(8)12-6(5)2;/h4H,10H2,1-3H3;1H. The number of aromatic nitrogens is 3. The summed E-state index contributed by atoms with van der Waals surface area (Å²) in [6.45, 7) is 5.91. The Morgan fingerprint density at radius 2 is 1.93 bits per heavy atom. The molecule has 2 N–H and O–H groups in total. The zero-order valence-corrected chi connectivity index (χ0v) is 9.22. The van der Waals surface area contributed by atoms with Crippen LogP contribution in [0.4, 0.5) is 5.82 Å². The molecule has 0 unspecified atom stereocenters. The number of aryl methyl sites for hydroxylation is 3. The van der Waals surface area contributed by atoms with Crippen LogP contribution in [0.5, 0.6) is 0 Å². The second-order valence-electron chi connectivity index (χ2n) is 3.27. The van der Waals surface area contributed by atoms with Crippen molar-refractivity contribution in [2.45, 2.75) is 20.8 Å². The first-order valence-corrected chi connectivity index (χ1v) is 4.18. The molecule has 5 heteroatoms. The van der Waals surface area contributed by atoms with Crippen molar-refractivity contribution < 1.29 is 0 Å². The third-order valence-electron chi connectivity index (χ3n) is 2.31. The summed E-state index contributed by atoms with van der Waals surface area (Å²) in [6.07, 6.45) is 0. The Hall–Kier alpha value is -1.29. The Kier molecular flexibility index (Phi) is 2.66. The van der Waals surface area contributed by atoms with Crippen LogP contribution >= 0.6 is 12.4 Å². The van der Waals surface area contributed by atoms with Crippen LogP contribution in [-0.2, 0) is 0 Å². The molecule has 0 saturated carbocycles. The van der Waals surface area contributed by atoms with E-state index in [-0.39, 0.29) is 12.4 Å². The van der Waals surface area contributed by atoms with E-state index in [2.05, 4.69) is 10.1 Å². The Labute approximate surface area is 88.5 Å². The SMILES string of the molecule is Cc1cc2nc(N)c(C)n2nc1C.Cl. The average molecular weight is 213 g/mol. The lowest BCUT2D eigenvalue weighted by molar-refractivity contribution is 0.862. The van der Waals surface area contributed by atoms with E-state index in [1.165, 1.54) is 0 Å². The number of nitrogen functional groups attached to an aromatic ring is 1. The summed E-state index contributed by atoms with van der Waals surface area (Å²) >= 11 is 0. The molecule has 0 fully saturated rings. The summed E-state index contributed by atoms with van der Waals surface area (Å²) in [5.74, 6) is 0.553. The van der Waals surface area contributed by atoms with E-state index in [0.29, 0.717) is 5.82 Å². The molecular formula is C9H13ClN4. The normalized spacial score (nSPS) is 10.2. The minimum atomic E-state index is 0. The molecular weight excluding hydrogens is 200 g/mol. The third kappa shape index (κ3) is 1.42. The van der Waals surface area contributed by atoms with Crippen molar-refractivity contribution in [3.8, 4) is 0 Å². The molecule has 0 bridgehead atoms. The summed E-state index contributed by atoms with van der Waals surface area (Å²) in [5, 5.41) is 4.37. The lowest BCUT2D eigenvalue weighted by Gasteiger charge is -2.00.